The number of carbonyl (C=O) groups excluding carboxylic acids is 1. The smallest absolute Gasteiger partial charge is 0.250 e. The topological polar surface area (TPSA) is 81.4 Å². The van der Waals surface area contributed by atoms with E-state index in [1.54, 1.807) is 19.4 Å². The van der Waals surface area contributed by atoms with Gasteiger partial charge in [0.05, 0.1) is 12.9 Å². The normalized spacial score (nSPS) is 11.3. The summed E-state index contributed by atoms with van der Waals surface area (Å²) in [4.78, 5) is 12.1. The number of methoxy groups -OCH3 is 1. The van der Waals surface area contributed by atoms with Gasteiger partial charge in [-0.3, -0.25) is 4.79 Å². The summed E-state index contributed by atoms with van der Waals surface area (Å²) < 4.78 is 7.17. The molecule has 1 amide bonds. The Morgan fingerprint density at radius 1 is 1.17 bits per heavy atom. The minimum Gasteiger partial charge on any atom is -0.497 e. The number of aromatic nitrogens is 3. The van der Waals surface area contributed by atoms with Crippen LogP contribution in [0.4, 0.5) is 0 Å². The molecule has 0 saturated heterocycles. The van der Waals surface area contributed by atoms with Crippen molar-refractivity contribution in [3.8, 4) is 17.1 Å². The first-order valence-corrected chi connectivity index (χ1v) is 10.4. The maximum absolute atomic E-state index is 12.1. The Balaban J connectivity index is 1.53. The van der Waals surface area contributed by atoms with Crippen LogP contribution in [-0.2, 0) is 11.3 Å². The Morgan fingerprint density at radius 3 is 2.63 bits per heavy atom. The molecule has 2 aromatic carbocycles. The molecule has 1 aromatic heterocycles. The van der Waals surface area contributed by atoms with E-state index in [1.165, 1.54) is 11.8 Å². The molecule has 0 bridgehead atoms. The molecule has 0 aliphatic heterocycles. The molecule has 3 aromatic rings. The molecular weight excluding hydrogens is 398 g/mol. The van der Waals surface area contributed by atoms with Gasteiger partial charge in [0.15, 0.2) is 11.0 Å². The molecular formula is C22H23N5O2S. The predicted molar refractivity (Wildman–Crippen MR) is 121 cm³/mol. The van der Waals surface area contributed by atoms with Crippen LogP contribution in [0.5, 0.6) is 5.75 Å². The highest BCUT2D eigenvalue weighted by atomic mass is 32.2. The Kier molecular flexibility index (Phi) is 7.79. The number of amides is 1. The van der Waals surface area contributed by atoms with Crippen molar-refractivity contribution in [3.63, 3.8) is 0 Å². The fourth-order valence-electron chi connectivity index (χ4n) is 2.67. The van der Waals surface area contributed by atoms with Crippen LogP contribution in [0, 0.1) is 0 Å². The molecule has 1 heterocycles. The van der Waals surface area contributed by atoms with Gasteiger partial charge in [0.25, 0.3) is 5.91 Å². The highest BCUT2D eigenvalue weighted by molar-refractivity contribution is 7.99. The van der Waals surface area contributed by atoms with Crippen molar-refractivity contribution in [2.75, 3.05) is 12.9 Å². The first-order valence-electron chi connectivity index (χ1n) is 9.45. The van der Waals surface area contributed by atoms with E-state index < -0.39 is 0 Å². The molecule has 30 heavy (non-hydrogen) atoms. The summed E-state index contributed by atoms with van der Waals surface area (Å²) in [6.07, 6.45) is 5.23. The number of nitrogens with one attached hydrogen (secondary N) is 1. The van der Waals surface area contributed by atoms with Crippen molar-refractivity contribution in [3.05, 3.63) is 66.2 Å². The summed E-state index contributed by atoms with van der Waals surface area (Å²) >= 11 is 1.32. The van der Waals surface area contributed by atoms with E-state index in [-0.39, 0.29) is 11.7 Å². The van der Waals surface area contributed by atoms with Crippen LogP contribution >= 0.6 is 11.8 Å². The van der Waals surface area contributed by atoms with Gasteiger partial charge in [-0.1, -0.05) is 48.2 Å². The van der Waals surface area contributed by atoms with Crippen molar-refractivity contribution < 1.29 is 9.53 Å². The molecule has 1 N–H and O–H groups in total. The minimum absolute atomic E-state index is 0.195. The Bertz CT molecular complexity index is 1010. The third-order valence-corrected chi connectivity index (χ3v) is 5.12. The Hall–Kier alpha value is -3.39. The number of benzene rings is 2. The number of allylic oxidation sites excluding steroid dienone is 1. The summed E-state index contributed by atoms with van der Waals surface area (Å²) in [6, 6.07) is 17.5. The van der Waals surface area contributed by atoms with Crippen LogP contribution in [0.25, 0.3) is 17.5 Å². The van der Waals surface area contributed by atoms with Gasteiger partial charge in [0, 0.05) is 18.3 Å². The monoisotopic (exact) mass is 421 g/mol. The van der Waals surface area contributed by atoms with Gasteiger partial charge in [-0.25, -0.2) is 5.43 Å². The van der Waals surface area contributed by atoms with E-state index in [2.05, 4.69) is 20.7 Å². The van der Waals surface area contributed by atoms with Crippen LogP contribution in [0.3, 0.4) is 0 Å². The maximum atomic E-state index is 12.1. The van der Waals surface area contributed by atoms with Crippen LogP contribution in [-0.4, -0.2) is 39.7 Å². The lowest BCUT2D eigenvalue weighted by Crippen LogP contribution is -2.19. The van der Waals surface area contributed by atoms with Gasteiger partial charge < -0.3 is 9.30 Å². The average Bonchev–Trinajstić information content (AvgIpc) is 3.21. The quantitative estimate of drug-likeness (QED) is 0.322. The maximum Gasteiger partial charge on any atom is 0.250 e. The molecule has 0 aliphatic rings. The van der Waals surface area contributed by atoms with Crippen molar-refractivity contribution in [2.45, 2.75) is 18.6 Å². The highest BCUT2D eigenvalue weighted by Crippen LogP contribution is 2.25. The van der Waals surface area contributed by atoms with E-state index in [9.17, 15) is 4.79 Å². The summed E-state index contributed by atoms with van der Waals surface area (Å²) in [6.45, 7) is 2.71. The highest BCUT2D eigenvalue weighted by Gasteiger charge is 2.14. The van der Waals surface area contributed by atoms with Gasteiger partial charge in [-0.2, -0.15) is 5.10 Å². The van der Waals surface area contributed by atoms with Crippen molar-refractivity contribution in [2.24, 2.45) is 5.10 Å². The molecule has 3 rings (SSSR count). The first-order chi connectivity index (χ1) is 14.7. The largest absolute Gasteiger partial charge is 0.497 e. The van der Waals surface area contributed by atoms with Crippen LogP contribution in [0.15, 0.2) is 70.9 Å². The number of hydrogen-bond acceptors (Lipinski definition) is 6. The molecule has 7 nitrogen and oxygen atoms in total. The molecule has 0 unspecified atom stereocenters. The number of thioether (sulfide) groups is 1. The second-order valence-electron chi connectivity index (χ2n) is 6.15. The predicted octanol–water partition coefficient (Wildman–Crippen LogP) is 3.88. The Morgan fingerprint density at radius 2 is 1.93 bits per heavy atom. The van der Waals surface area contributed by atoms with Gasteiger partial charge in [0.2, 0.25) is 0 Å². The third-order valence-electron chi connectivity index (χ3n) is 4.15. The lowest BCUT2D eigenvalue weighted by Gasteiger charge is -2.07. The van der Waals surface area contributed by atoms with E-state index in [0.717, 1.165) is 22.7 Å². The number of hydrogen-bond donors (Lipinski definition) is 1. The third kappa shape index (κ3) is 5.81. The van der Waals surface area contributed by atoms with Crippen LogP contribution in [0.1, 0.15) is 12.5 Å². The number of hydrazone groups is 1. The molecule has 8 heteroatoms. The molecule has 0 saturated carbocycles. The van der Waals surface area contributed by atoms with E-state index in [1.807, 2.05) is 72.2 Å². The zero-order valence-corrected chi connectivity index (χ0v) is 17.7. The lowest BCUT2D eigenvalue weighted by atomic mass is 10.2. The minimum atomic E-state index is -0.207. The summed E-state index contributed by atoms with van der Waals surface area (Å²) in [7, 11) is 1.63. The zero-order chi connectivity index (χ0) is 21.2. The molecule has 0 atom stereocenters. The van der Waals surface area contributed by atoms with Crippen LogP contribution < -0.4 is 10.2 Å². The molecule has 154 valence electrons. The number of nitrogens with zero attached hydrogens (tertiary/aromatic N) is 4. The van der Waals surface area contributed by atoms with Crippen molar-refractivity contribution in [1.29, 1.82) is 0 Å². The summed E-state index contributed by atoms with van der Waals surface area (Å²) in [5.74, 6) is 1.53. The fraction of sp³-hybridized carbons (Fsp3) is 0.182. The Labute approximate surface area is 179 Å². The number of rotatable bonds is 9. The van der Waals surface area contributed by atoms with Crippen molar-refractivity contribution >= 4 is 30.0 Å². The fourth-order valence-corrected chi connectivity index (χ4v) is 3.46. The van der Waals surface area contributed by atoms with Gasteiger partial charge in [-0.15, -0.1) is 10.2 Å². The number of ether oxygens (including phenoxy) is 1. The number of carbonyl (C=O) groups is 1. The molecule has 0 aliphatic carbocycles. The first kappa shape index (κ1) is 21.3. The summed E-state index contributed by atoms with van der Waals surface area (Å²) in [5.41, 5.74) is 4.52. The molecule has 0 fully saturated rings. The average molecular weight is 422 g/mol. The lowest BCUT2D eigenvalue weighted by molar-refractivity contribution is -0.118. The second-order valence-corrected chi connectivity index (χ2v) is 7.09. The molecule has 0 spiro atoms. The van der Waals surface area contributed by atoms with Gasteiger partial charge >= 0.3 is 0 Å². The van der Waals surface area contributed by atoms with E-state index in [4.69, 9.17) is 4.74 Å². The SMILES string of the molecule is CCn1c(SCC(=O)N/N=C/C=C/c2ccccc2)nnc1-c1ccc(OC)cc1. The van der Waals surface area contributed by atoms with Gasteiger partial charge in [-0.05, 0) is 42.8 Å². The van der Waals surface area contributed by atoms with Crippen molar-refractivity contribution in [1.82, 2.24) is 20.2 Å². The molecule has 0 radical (unpaired) electrons. The second kappa shape index (κ2) is 11.0. The van der Waals surface area contributed by atoms with E-state index in [0.29, 0.717) is 11.7 Å². The summed E-state index contributed by atoms with van der Waals surface area (Å²) in [5, 5.41) is 13.1. The zero-order valence-electron chi connectivity index (χ0n) is 16.9. The van der Waals surface area contributed by atoms with Crippen LogP contribution in [0.2, 0.25) is 0 Å². The van der Waals surface area contributed by atoms with E-state index >= 15 is 0 Å². The standard InChI is InChI=1S/C22H23N5O2S/c1-3-27-21(18-11-13-19(29-2)14-12-18)25-26-22(27)30-16-20(28)24-23-15-7-10-17-8-5-4-6-9-17/h4-15H,3,16H2,1-2H3,(H,24,28)/b10-7+,23-15+. The van der Waals surface area contributed by atoms with Gasteiger partial charge in [0.1, 0.15) is 5.75 Å².